The fourth-order valence-electron chi connectivity index (χ4n) is 1.36. The minimum absolute atomic E-state index is 0.0464. The first-order chi connectivity index (χ1) is 7.20. The molecule has 0 spiro atoms. The first-order valence-electron chi connectivity index (χ1n) is 4.91. The third-order valence-electron chi connectivity index (χ3n) is 2.11. The van der Waals surface area contributed by atoms with Crippen LogP contribution in [0.25, 0.3) is 0 Å². The van der Waals surface area contributed by atoms with Crippen LogP contribution in [0.3, 0.4) is 0 Å². The molecule has 1 atom stereocenters. The van der Waals surface area contributed by atoms with Gasteiger partial charge in [-0.25, -0.2) is 4.79 Å². The molecule has 0 unspecified atom stereocenters. The molecule has 1 amide bonds. The zero-order valence-electron chi connectivity index (χ0n) is 8.77. The SMILES string of the molecule is C=CCCN1C(=O)SC[C@H]1C(=O)OCC. The van der Waals surface area contributed by atoms with Crippen LogP contribution in [0, 0.1) is 0 Å². The van der Waals surface area contributed by atoms with Crippen LogP contribution in [-0.4, -0.2) is 41.1 Å². The van der Waals surface area contributed by atoms with Crippen molar-refractivity contribution in [3.05, 3.63) is 12.7 Å². The number of carbonyl (C=O) groups is 2. The predicted molar refractivity (Wildman–Crippen MR) is 59.8 cm³/mol. The van der Waals surface area contributed by atoms with Crippen LogP contribution in [0.4, 0.5) is 4.79 Å². The van der Waals surface area contributed by atoms with Crippen molar-refractivity contribution in [1.29, 1.82) is 0 Å². The van der Waals surface area contributed by atoms with Crippen molar-refractivity contribution in [2.45, 2.75) is 19.4 Å². The molecule has 15 heavy (non-hydrogen) atoms. The third-order valence-corrected chi connectivity index (χ3v) is 3.07. The van der Waals surface area contributed by atoms with E-state index < -0.39 is 6.04 Å². The maximum Gasteiger partial charge on any atom is 0.329 e. The zero-order chi connectivity index (χ0) is 11.3. The molecule has 0 radical (unpaired) electrons. The van der Waals surface area contributed by atoms with E-state index in [-0.39, 0.29) is 11.2 Å². The number of rotatable bonds is 5. The van der Waals surface area contributed by atoms with E-state index in [9.17, 15) is 9.59 Å². The Bertz CT molecular complexity index is 267. The van der Waals surface area contributed by atoms with Crippen molar-refractivity contribution in [2.24, 2.45) is 0 Å². The average Bonchev–Trinajstić information content (AvgIpc) is 2.57. The highest BCUT2D eigenvalue weighted by atomic mass is 32.2. The van der Waals surface area contributed by atoms with Gasteiger partial charge in [-0.3, -0.25) is 4.79 Å². The summed E-state index contributed by atoms with van der Waals surface area (Å²) < 4.78 is 4.91. The molecule has 0 aromatic rings. The van der Waals surface area contributed by atoms with E-state index in [1.807, 2.05) is 0 Å². The lowest BCUT2D eigenvalue weighted by Crippen LogP contribution is -2.40. The van der Waals surface area contributed by atoms with Crippen molar-refractivity contribution in [3.63, 3.8) is 0 Å². The number of hydrogen-bond donors (Lipinski definition) is 0. The highest BCUT2D eigenvalue weighted by Crippen LogP contribution is 2.24. The largest absolute Gasteiger partial charge is 0.464 e. The second-order valence-electron chi connectivity index (χ2n) is 3.12. The lowest BCUT2D eigenvalue weighted by atomic mass is 10.3. The summed E-state index contributed by atoms with van der Waals surface area (Å²) in [5.74, 6) is 0.189. The highest BCUT2D eigenvalue weighted by molar-refractivity contribution is 8.13. The molecule has 0 aromatic carbocycles. The average molecular weight is 229 g/mol. The smallest absolute Gasteiger partial charge is 0.329 e. The van der Waals surface area contributed by atoms with Crippen LogP contribution in [0.15, 0.2) is 12.7 Å². The summed E-state index contributed by atoms with van der Waals surface area (Å²) in [5.41, 5.74) is 0. The standard InChI is InChI=1S/C10H15NO3S/c1-3-5-6-11-8(7-15-10(11)13)9(12)14-4-2/h3,8H,1,4-7H2,2H3/t8-/m0/s1. The summed E-state index contributed by atoms with van der Waals surface area (Å²) in [4.78, 5) is 24.5. The monoisotopic (exact) mass is 229 g/mol. The quantitative estimate of drug-likeness (QED) is 0.531. The minimum atomic E-state index is -0.414. The Labute approximate surface area is 93.6 Å². The van der Waals surface area contributed by atoms with Crippen molar-refractivity contribution >= 4 is 23.0 Å². The number of thioether (sulfide) groups is 1. The molecule has 84 valence electrons. The van der Waals surface area contributed by atoms with Crippen molar-refractivity contribution in [1.82, 2.24) is 4.90 Å². The third kappa shape index (κ3) is 2.99. The van der Waals surface area contributed by atoms with Gasteiger partial charge in [0.05, 0.1) is 6.61 Å². The van der Waals surface area contributed by atoms with Gasteiger partial charge in [0.2, 0.25) is 0 Å². The molecule has 1 heterocycles. The van der Waals surface area contributed by atoms with E-state index in [0.717, 1.165) is 0 Å². The topological polar surface area (TPSA) is 46.6 Å². The number of esters is 1. The molecular weight excluding hydrogens is 214 g/mol. The summed E-state index contributed by atoms with van der Waals surface area (Å²) in [6, 6.07) is -0.414. The van der Waals surface area contributed by atoms with Crippen molar-refractivity contribution in [2.75, 3.05) is 18.9 Å². The Kier molecular flexibility index (Phi) is 4.68. The van der Waals surface area contributed by atoms with Crippen LogP contribution < -0.4 is 0 Å². The van der Waals surface area contributed by atoms with E-state index in [2.05, 4.69) is 6.58 Å². The van der Waals surface area contributed by atoms with E-state index in [1.165, 1.54) is 11.8 Å². The molecule has 0 saturated carbocycles. The number of ether oxygens (including phenoxy) is 1. The van der Waals surface area contributed by atoms with E-state index >= 15 is 0 Å². The molecule has 5 heteroatoms. The van der Waals surface area contributed by atoms with E-state index in [1.54, 1.807) is 17.9 Å². The van der Waals surface area contributed by atoms with E-state index in [4.69, 9.17) is 4.74 Å². The van der Waals surface area contributed by atoms with Crippen LogP contribution in [0.1, 0.15) is 13.3 Å². The van der Waals surface area contributed by atoms with Crippen LogP contribution >= 0.6 is 11.8 Å². The Morgan fingerprint density at radius 1 is 1.80 bits per heavy atom. The van der Waals surface area contributed by atoms with Gasteiger partial charge < -0.3 is 9.64 Å². The number of carbonyl (C=O) groups excluding carboxylic acids is 2. The molecule has 1 saturated heterocycles. The van der Waals surface area contributed by atoms with Crippen LogP contribution in [0.5, 0.6) is 0 Å². The fraction of sp³-hybridized carbons (Fsp3) is 0.600. The Morgan fingerprint density at radius 3 is 3.13 bits per heavy atom. The normalized spacial score (nSPS) is 20.5. The molecule has 1 aliphatic rings. The second-order valence-corrected chi connectivity index (χ2v) is 4.09. The maximum absolute atomic E-state index is 11.5. The van der Waals surface area contributed by atoms with Gasteiger partial charge in [-0.2, -0.15) is 0 Å². The maximum atomic E-state index is 11.5. The molecular formula is C10H15NO3S. The van der Waals surface area contributed by atoms with Gasteiger partial charge >= 0.3 is 5.97 Å². The zero-order valence-corrected chi connectivity index (χ0v) is 9.59. The summed E-state index contributed by atoms with van der Waals surface area (Å²) in [7, 11) is 0. The number of hydrogen-bond acceptors (Lipinski definition) is 4. The van der Waals surface area contributed by atoms with Gasteiger partial charge in [0.25, 0.3) is 5.24 Å². The van der Waals surface area contributed by atoms with Crippen LogP contribution in [0.2, 0.25) is 0 Å². The minimum Gasteiger partial charge on any atom is -0.464 e. The van der Waals surface area contributed by atoms with Crippen LogP contribution in [-0.2, 0) is 9.53 Å². The van der Waals surface area contributed by atoms with Gasteiger partial charge in [-0.15, -0.1) is 6.58 Å². The lowest BCUT2D eigenvalue weighted by molar-refractivity contribution is -0.147. The summed E-state index contributed by atoms with van der Waals surface area (Å²) in [6.07, 6.45) is 2.43. The second kappa shape index (κ2) is 5.80. The van der Waals surface area contributed by atoms with E-state index in [0.29, 0.717) is 25.3 Å². The highest BCUT2D eigenvalue weighted by Gasteiger charge is 2.37. The molecule has 0 bridgehead atoms. The predicted octanol–water partition coefficient (Wildman–Crippen LogP) is 1.66. The Morgan fingerprint density at radius 2 is 2.53 bits per heavy atom. The van der Waals surface area contributed by atoms with Gasteiger partial charge in [-0.1, -0.05) is 17.8 Å². The van der Waals surface area contributed by atoms with Gasteiger partial charge in [0.15, 0.2) is 0 Å². The molecule has 0 aliphatic carbocycles. The first-order valence-corrected chi connectivity index (χ1v) is 5.90. The Hall–Kier alpha value is -0.970. The number of amides is 1. The first kappa shape index (κ1) is 12.1. The number of nitrogens with zero attached hydrogens (tertiary/aromatic N) is 1. The van der Waals surface area contributed by atoms with Gasteiger partial charge in [0.1, 0.15) is 6.04 Å². The van der Waals surface area contributed by atoms with Gasteiger partial charge in [0, 0.05) is 12.3 Å². The lowest BCUT2D eigenvalue weighted by Gasteiger charge is -2.21. The molecule has 4 nitrogen and oxygen atoms in total. The summed E-state index contributed by atoms with van der Waals surface area (Å²) in [5, 5.41) is -0.0464. The van der Waals surface area contributed by atoms with Crippen molar-refractivity contribution < 1.29 is 14.3 Å². The molecule has 0 N–H and O–H groups in total. The van der Waals surface area contributed by atoms with Crippen molar-refractivity contribution in [3.8, 4) is 0 Å². The Balaban J connectivity index is 2.58. The molecule has 1 aliphatic heterocycles. The molecule has 0 aromatic heterocycles. The van der Waals surface area contributed by atoms with Gasteiger partial charge in [-0.05, 0) is 13.3 Å². The summed E-state index contributed by atoms with van der Waals surface area (Å²) in [6.45, 7) is 6.24. The summed E-state index contributed by atoms with van der Waals surface area (Å²) >= 11 is 1.17. The fourth-order valence-corrected chi connectivity index (χ4v) is 2.36. The molecule has 1 rings (SSSR count). The molecule has 1 fully saturated rings.